The van der Waals surface area contributed by atoms with E-state index in [1.165, 1.54) is 0 Å². The van der Waals surface area contributed by atoms with Crippen LogP contribution in [0.1, 0.15) is 48.1 Å². The topological polar surface area (TPSA) is 177 Å². The Hall–Kier alpha value is -3.14. The highest BCUT2D eigenvalue weighted by Gasteiger charge is 2.32. The molecule has 2 heterocycles. The van der Waals surface area contributed by atoms with Crippen molar-refractivity contribution in [1.82, 2.24) is 9.97 Å². The van der Waals surface area contributed by atoms with Crippen molar-refractivity contribution in [3.8, 4) is 0 Å². The van der Waals surface area contributed by atoms with Crippen molar-refractivity contribution < 1.29 is 24.3 Å². The second kappa shape index (κ2) is 17.7. The van der Waals surface area contributed by atoms with E-state index in [0.717, 1.165) is 65.9 Å². The number of hydrogen-bond donors (Lipinski definition) is 3. The average Bonchev–Trinajstić information content (AvgIpc) is 3.61. The highest BCUT2D eigenvalue weighted by Crippen LogP contribution is 2.53. The number of aliphatic hydroxyl groups is 1. The Bertz CT molecular complexity index is 1670. The van der Waals surface area contributed by atoms with Gasteiger partial charge >= 0.3 is 7.60 Å². The van der Waals surface area contributed by atoms with E-state index in [9.17, 15) is 14.5 Å². The van der Waals surface area contributed by atoms with Gasteiger partial charge in [0.1, 0.15) is 10.0 Å². The third kappa shape index (κ3) is 10.4. The van der Waals surface area contributed by atoms with E-state index in [-0.39, 0.29) is 20.3 Å². The first kappa shape index (κ1) is 37.3. The normalized spacial score (nSPS) is 12.3. The summed E-state index contributed by atoms with van der Waals surface area (Å²) in [4.78, 5) is 41.2. The second-order valence-corrected chi connectivity index (χ2v) is 13.6. The number of aldehydes is 1. The van der Waals surface area contributed by atoms with E-state index in [4.69, 9.17) is 33.0 Å². The molecule has 0 aliphatic rings. The SMILES string of the molecule is CCN(CC)c1ccc(N=Nc2nc(Cl)c(C(O)P(=O)(O)O)s2)cc1.CCN(CC)c1ccc(N=Nc2nc(Cl)c(C=O)s2)cc1. The van der Waals surface area contributed by atoms with Crippen molar-refractivity contribution in [1.29, 1.82) is 0 Å². The maximum atomic E-state index is 11.1. The lowest BCUT2D eigenvalue weighted by molar-refractivity contribution is 0.112. The quantitative estimate of drug-likeness (QED) is 0.0689. The van der Waals surface area contributed by atoms with Crippen molar-refractivity contribution >= 4 is 92.8 Å². The van der Waals surface area contributed by atoms with Crippen LogP contribution in [0.25, 0.3) is 0 Å². The number of thiazole rings is 2. The number of rotatable bonds is 13. The number of anilines is 2. The fourth-order valence-corrected chi connectivity index (χ4v) is 6.87. The van der Waals surface area contributed by atoms with Crippen LogP contribution < -0.4 is 9.80 Å². The smallest absolute Gasteiger partial charge is 0.359 e. The Labute approximate surface area is 284 Å². The largest absolute Gasteiger partial charge is 0.375 e. The molecule has 0 radical (unpaired) electrons. The summed E-state index contributed by atoms with van der Waals surface area (Å²) < 4.78 is 11.1. The van der Waals surface area contributed by atoms with Gasteiger partial charge in [0.05, 0.1) is 16.3 Å². The summed E-state index contributed by atoms with van der Waals surface area (Å²) in [5.41, 5.74) is 3.55. The lowest BCUT2D eigenvalue weighted by Gasteiger charge is -2.20. The lowest BCUT2D eigenvalue weighted by atomic mass is 10.2. The Morgan fingerprint density at radius 1 is 0.761 bits per heavy atom. The monoisotopic (exact) mass is 726 g/mol. The van der Waals surface area contributed by atoms with Crippen LogP contribution in [0.2, 0.25) is 10.3 Å². The van der Waals surface area contributed by atoms with E-state index in [2.05, 4.69) is 67.9 Å². The minimum atomic E-state index is -4.73. The van der Waals surface area contributed by atoms with Gasteiger partial charge in [-0.15, -0.1) is 20.5 Å². The zero-order valence-electron chi connectivity index (χ0n) is 25.4. The standard InChI is InChI=1S/C14H18ClN4O4PS.C14H15ClN4OS/c1-3-19(4-2)10-7-5-9(6-8-10)17-18-14-16-12(15)11(25-14)13(20)24(21,22)23;1-3-19(4-2)11-7-5-10(6-8-11)17-18-14-16-13(15)12(9-20)21-14/h5-8,13,20H,3-4H2,1-2H3,(H2,21,22,23);5-9H,3-4H2,1-2H3. The van der Waals surface area contributed by atoms with Crippen molar-refractivity contribution in [3.63, 3.8) is 0 Å². The van der Waals surface area contributed by atoms with Crippen LogP contribution in [0.3, 0.4) is 0 Å². The first-order valence-electron chi connectivity index (χ1n) is 14.0. The molecule has 0 saturated heterocycles. The third-order valence-electron chi connectivity index (χ3n) is 6.32. The number of aromatic nitrogens is 2. The van der Waals surface area contributed by atoms with E-state index in [1.54, 1.807) is 12.1 Å². The number of benzene rings is 2. The van der Waals surface area contributed by atoms with Crippen molar-refractivity contribution in [3.05, 3.63) is 68.6 Å². The summed E-state index contributed by atoms with van der Waals surface area (Å²) in [6.45, 7) is 12.1. The molecule has 13 nitrogen and oxygen atoms in total. The number of aliphatic hydroxyl groups excluding tert-OH is 1. The van der Waals surface area contributed by atoms with Gasteiger partial charge in [0.2, 0.25) is 10.3 Å². The first-order chi connectivity index (χ1) is 21.9. The van der Waals surface area contributed by atoms with Crippen LogP contribution in [0.15, 0.2) is 69.0 Å². The van der Waals surface area contributed by atoms with E-state index >= 15 is 0 Å². The van der Waals surface area contributed by atoms with Gasteiger partial charge in [0, 0.05) is 37.6 Å². The van der Waals surface area contributed by atoms with Gasteiger partial charge in [-0.05, 0) is 76.2 Å². The Balaban J connectivity index is 0.000000254. The molecule has 1 atom stereocenters. The van der Waals surface area contributed by atoms with Crippen LogP contribution in [-0.4, -0.2) is 57.3 Å². The van der Waals surface area contributed by atoms with Gasteiger partial charge in [-0.2, -0.15) is 0 Å². The highest BCUT2D eigenvalue weighted by molar-refractivity contribution is 7.52. The van der Waals surface area contributed by atoms with Crippen LogP contribution >= 0.6 is 53.5 Å². The predicted octanol–water partition coefficient (Wildman–Crippen LogP) is 9.10. The molecule has 0 amide bonds. The Morgan fingerprint density at radius 3 is 1.54 bits per heavy atom. The van der Waals surface area contributed by atoms with Gasteiger partial charge in [-0.3, -0.25) is 9.36 Å². The van der Waals surface area contributed by atoms with Crippen molar-refractivity contribution in [2.45, 2.75) is 33.5 Å². The predicted molar refractivity (Wildman–Crippen MR) is 185 cm³/mol. The number of halogens is 2. The van der Waals surface area contributed by atoms with Gasteiger partial charge in [0.15, 0.2) is 17.3 Å². The number of azo groups is 2. The number of nitrogens with zero attached hydrogens (tertiary/aromatic N) is 8. The van der Waals surface area contributed by atoms with E-state index in [0.29, 0.717) is 22.0 Å². The number of carbonyl (C=O) groups excluding carboxylic acids is 1. The molecular weight excluding hydrogens is 694 g/mol. The van der Waals surface area contributed by atoms with Crippen molar-refractivity contribution in [2.24, 2.45) is 20.5 Å². The molecule has 3 N–H and O–H groups in total. The molecule has 0 fully saturated rings. The van der Waals surface area contributed by atoms with Crippen LogP contribution in [0.5, 0.6) is 0 Å². The molecular formula is C28H33Cl2N8O5PS2. The fourth-order valence-electron chi connectivity index (χ4n) is 3.91. The molecule has 0 spiro atoms. The molecule has 18 heteroatoms. The summed E-state index contributed by atoms with van der Waals surface area (Å²) in [7, 11) is -4.73. The zero-order valence-corrected chi connectivity index (χ0v) is 29.4. The minimum absolute atomic E-state index is 0.0975. The van der Waals surface area contributed by atoms with Gasteiger partial charge < -0.3 is 24.7 Å². The van der Waals surface area contributed by atoms with Crippen LogP contribution in [0.4, 0.5) is 33.0 Å². The third-order valence-corrected chi connectivity index (χ3v) is 10.0. The van der Waals surface area contributed by atoms with Crippen LogP contribution in [-0.2, 0) is 4.57 Å². The van der Waals surface area contributed by atoms with Gasteiger partial charge in [0.25, 0.3) is 0 Å². The maximum absolute atomic E-state index is 11.1. The lowest BCUT2D eigenvalue weighted by Crippen LogP contribution is -2.21. The van der Waals surface area contributed by atoms with E-state index < -0.39 is 13.4 Å². The zero-order chi connectivity index (χ0) is 33.9. The summed E-state index contributed by atoms with van der Waals surface area (Å²) in [6.07, 6.45) is 0.665. The molecule has 0 saturated carbocycles. The molecule has 2 aromatic heterocycles. The van der Waals surface area contributed by atoms with Gasteiger partial charge in [-0.1, -0.05) is 45.9 Å². The summed E-state index contributed by atoms with van der Waals surface area (Å²) in [5, 5.41) is 26.1. The van der Waals surface area contributed by atoms with Gasteiger partial charge in [-0.25, -0.2) is 9.97 Å². The number of carbonyl (C=O) groups is 1. The van der Waals surface area contributed by atoms with Crippen LogP contribution in [0, 0.1) is 0 Å². The fraction of sp³-hybridized carbons (Fsp3) is 0.321. The number of hydrogen-bond acceptors (Lipinski definition) is 13. The van der Waals surface area contributed by atoms with Crippen molar-refractivity contribution in [2.75, 3.05) is 36.0 Å². The summed E-state index contributed by atoms with van der Waals surface area (Å²) in [5.74, 6) is -2.02. The maximum Gasteiger partial charge on any atom is 0.359 e. The minimum Gasteiger partial charge on any atom is -0.375 e. The molecule has 246 valence electrons. The summed E-state index contributed by atoms with van der Waals surface area (Å²) >= 11 is 13.5. The molecule has 0 bridgehead atoms. The highest BCUT2D eigenvalue weighted by atomic mass is 35.5. The first-order valence-corrected chi connectivity index (χ1v) is 18.0. The average molecular weight is 728 g/mol. The molecule has 0 aliphatic heterocycles. The molecule has 2 aromatic carbocycles. The molecule has 4 rings (SSSR count). The summed E-state index contributed by atoms with van der Waals surface area (Å²) in [6, 6.07) is 15.3. The molecule has 4 aromatic rings. The Kier molecular flexibility index (Phi) is 14.3. The molecule has 0 aliphatic carbocycles. The Morgan fingerprint density at radius 2 is 1.17 bits per heavy atom. The molecule has 1 unspecified atom stereocenters. The second-order valence-electron chi connectivity index (χ2n) is 9.16. The van der Waals surface area contributed by atoms with E-state index in [1.807, 2.05) is 36.4 Å². The molecule has 46 heavy (non-hydrogen) atoms.